The average Bonchev–Trinajstić information content (AvgIpc) is 2.70. The van der Waals surface area contributed by atoms with Crippen molar-refractivity contribution in [3.63, 3.8) is 0 Å². The van der Waals surface area contributed by atoms with Gasteiger partial charge in [-0.05, 0) is 66.7 Å². The van der Waals surface area contributed by atoms with Crippen LogP contribution in [-0.2, 0) is 14.8 Å². The first kappa shape index (κ1) is 22.4. The molecule has 0 atom stereocenters. The third-order valence-electron chi connectivity index (χ3n) is 3.80. The van der Waals surface area contributed by atoms with Crippen molar-refractivity contribution in [1.82, 2.24) is 0 Å². The van der Waals surface area contributed by atoms with Gasteiger partial charge in [0.25, 0.3) is 15.9 Å². The first-order valence-electron chi connectivity index (χ1n) is 8.49. The van der Waals surface area contributed by atoms with Gasteiger partial charge in [0.1, 0.15) is 5.75 Å². The predicted molar refractivity (Wildman–Crippen MR) is 122 cm³/mol. The molecule has 0 radical (unpaired) electrons. The number of halogens is 3. The fourth-order valence-electron chi connectivity index (χ4n) is 2.37. The standard InChI is InChI=1S/C20H15BrCl2N2O4S/c21-13-1-5-15(6-2-13)24-20(26)12-29-19-10-9-17(11-18(19)23)30(27,28)25-16-7-3-14(22)4-8-16/h1-11,25H,12H2,(H,24,26). The molecule has 2 N–H and O–H groups in total. The Morgan fingerprint density at radius 2 is 1.57 bits per heavy atom. The molecule has 0 spiro atoms. The molecule has 0 saturated heterocycles. The van der Waals surface area contributed by atoms with E-state index in [0.717, 1.165) is 4.47 Å². The van der Waals surface area contributed by atoms with Crippen molar-refractivity contribution in [2.45, 2.75) is 4.90 Å². The fraction of sp³-hybridized carbons (Fsp3) is 0.0500. The van der Waals surface area contributed by atoms with Crippen molar-refractivity contribution in [2.24, 2.45) is 0 Å². The highest BCUT2D eigenvalue weighted by molar-refractivity contribution is 9.10. The van der Waals surface area contributed by atoms with Crippen LogP contribution in [0.3, 0.4) is 0 Å². The molecular weight excluding hydrogens is 515 g/mol. The SMILES string of the molecule is O=C(COc1ccc(S(=O)(=O)Nc2ccc(Cl)cc2)cc1Cl)Nc1ccc(Br)cc1. The highest BCUT2D eigenvalue weighted by Crippen LogP contribution is 2.28. The van der Waals surface area contributed by atoms with Gasteiger partial charge >= 0.3 is 0 Å². The van der Waals surface area contributed by atoms with Crippen molar-refractivity contribution in [1.29, 1.82) is 0 Å². The predicted octanol–water partition coefficient (Wildman–Crippen LogP) is 5.57. The maximum atomic E-state index is 12.5. The summed E-state index contributed by atoms with van der Waals surface area (Å²) in [7, 11) is -3.86. The van der Waals surface area contributed by atoms with E-state index in [4.69, 9.17) is 27.9 Å². The van der Waals surface area contributed by atoms with Crippen molar-refractivity contribution in [2.75, 3.05) is 16.6 Å². The van der Waals surface area contributed by atoms with Crippen LogP contribution in [0.4, 0.5) is 11.4 Å². The van der Waals surface area contributed by atoms with Gasteiger partial charge in [0.15, 0.2) is 6.61 Å². The zero-order chi connectivity index (χ0) is 21.7. The summed E-state index contributed by atoms with van der Waals surface area (Å²) in [4.78, 5) is 12.0. The largest absolute Gasteiger partial charge is 0.482 e. The summed E-state index contributed by atoms with van der Waals surface area (Å²) in [5.74, 6) is -0.192. The van der Waals surface area contributed by atoms with E-state index >= 15 is 0 Å². The van der Waals surface area contributed by atoms with Crippen molar-refractivity contribution in [3.05, 3.63) is 81.2 Å². The number of anilines is 2. The van der Waals surface area contributed by atoms with Crippen LogP contribution in [0.15, 0.2) is 76.1 Å². The molecule has 30 heavy (non-hydrogen) atoms. The molecule has 3 rings (SSSR count). The van der Waals surface area contributed by atoms with Gasteiger partial charge in [-0.25, -0.2) is 8.42 Å². The number of benzene rings is 3. The van der Waals surface area contributed by atoms with Crippen molar-refractivity contribution >= 4 is 66.4 Å². The van der Waals surface area contributed by atoms with E-state index in [1.54, 1.807) is 48.5 Å². The third-order valence-corrected chi connectivity index (χ3v) is 6.25. The molecule has 156 valence electrons. The number of carbonyl (C=O) groups is 1. The highest BCUT2D eigenvalue weighted by Gasteiger charge is 2.17. The Labute approximate surface area is 192 Å². The lowest BCUT2D eigenvalue weighted by Gasteiger charge is -2.12. The highest BCUT2D eigenvalue weighted by atomic mass is 79.9. The summed E-state index contributed by atoms with van der Waals surface area (Å²) in [5, 5.41) is 3.24. The molecule has 0 aliphatic rings. The van der Waals surface area contributed by atoms with Gasteiger partial charge in [0.05, 0.1) is 9.92 Å². The summed E-state index contributed by atoms with van der Waals surface area (Å²) in [6.45, 7) is -0.287. The Morgan fingerprint density at radius 3 is 2.20 bits per heavy atom. The minimum atomic E-state index is -3.86. The summed E-state index contributed by atoms with van der Waals surface area (Å²) in [5.41, 5.74) is 0.980. The molecule has 3 aromatic rings. The molecule has 0 aliphatic heterocycles. The number of hydrogen-bond acceptors (Lipinski definition) is 4. The Kier molecular flexibility index (Phi) is 7.25. The van der Waals surface area contributed by atoms with E-state index < -0.39 is 10.0 Å². The van der Waals surface area contributed by atoms with Gasteiger partial charge < -0.3 is 10.1 Å². The van der Waals surface area contributed by atoms with Crippen LogP contribution < -0.4 is 14.8 Å². The molecular formula is C20H15BrCl2N2O4S. The fourth-order valence-corrected chi connectivity index (χ4v) is 4.15. The first-order valence-corrected chi connectivity index (χ1v) is 11.5. The molecule has 0 aromatic heterocycles. The van der Waals surface area contributed by atoms with E-state index in [9.17, 15) is 13.2 Å². The molecule has 0 unspecified atom stereocenters. The third kappa shape index (κ3) is 6.12. The Bertz CT molecular complexity index is 1150. The molecule has 0 saturated carbocycles. The van der Waals surface area contributed by atoms with Crippen LogP contribution >= 0.6 is 39.1 Å². The second-order valence-corrected chi connectivity index (χ2v) is 9.49. The van der Waals surface area contributed by atoms with Gasteiger partial charge in [-0.3, -0.25) is 9.52 Å². The second-order valence-electron chi connectivity index (χ2n) is 6.05. The number of hydrogen-bond donors (Lipinski definition) is 2. The maximum Gasteiger partial charge on any atom is 0.262 e. The lowest BCUT2D eigenvalue weighted by atomic mass is 10.3. The average molecular weight is 530 g/mol. The van der Waals surface area contributed by atoms with Gasteiger partial charge in [0.2, 0.25) is 0 Å². The molecule has 6 nitrogen and oxygen atoms in total. The monoisotopic (exact) mass is 528 g/mol. The van der Waals surface area contributed by atoms with Crippen molar-refractivity contribution < 1.29 is 17.9 Å². The van der Waals surface area contributed by atoms with Crippen LogP contribution in [-0.4, -0.2) is 20.9 Å². The first-order chi connectivity index (χ1) is 14.2. The zero-order valence-electron chi connectivity index (χ0n) is 15.2. The van der Waals surface area contributed by atoms with Crippen LogP contribution in [0.1, 0.15) is 0 Å². The molecule has 0 fully saturated rings. The van der Waals surface area contributed by atoms with E-state index in [1.165, 1.54) is 18.2 Å². The van der Waals surface area contributed by atoms with E-state index in [2.05, 4.69) is 26.0 Å². The van der Waals surface area contributed by atoms with Gasteiger partial charge in [-0.15, -0.1) is 0 Å². The smallest absolute Gasteiger partial charge is 0.262 e. The van der Waals surface area contributed by atoms with E-state index in [0.29, 0.717) is 16.4 Å². The lowest BCUT2D eigenvalue weighted by Crippen LogP contribution is -2.20. The number of ether oxygens (including phenoxy) is 1. The van der Waals surface area contributed by atoms with Crippen LogP contribution in [0.25, 0.3) is 0 Å². The Hall–Kier alpha value is -2.26. The summed E-state index contributed by atoms with van der Waals surface area (Å²) < 4.78 is 33.8. The number of carbonyl (C=O) groups excluding carboxylic acids is 1. The summed E-state index contributed by atoms with van der Waals surface area (Å²) in [6.07, 6.45) is 0. The van der Waals surface area contributed by atoms with Gasteiger partial charge in [-0.2, -0.15) is 0 Å². The minimum absolute atomic E-state index is 0.0471. The second kappa shape index (κ2) is 9.70. The van der Waals surface area contributed by atoms with E-state index in [-0.39, 0.29) is 28.2 Å². The normalized spacial score (nSPS) is 11.0. The molecule has 3 aromatic carbocycles. The molecule has 10 heteroatoms. The van der Waals surface area contributed by atoms with Crippen LogP contribution in [0.5, 0.6) is 5.75 Å². The zero-order valence-corrected chi connectivity index (χ0v) is 19.1. The Morgan fingerprint density at radius 1 is 0.933 bits per heavy atom. The minimum Gasteiger partial charge on any atom is -0.482 e. The van der Waals surface area contributed by atoms with Gasteiger partial charge in [0, 0.05) is 20.9 Å². The molecule has 1 amide bonds. The molecule has 0 heterocycles. The van der Waals surface area contributed by atoms with Gasteiger partial charge in [-0.1, -0.05) is 39.1 Å². The van der Waals surface area contributed by atoms with Crippen LogP contribution in [0, 0.1) is 0 Å². The molecule has 0 bridgehead atoms. The lowest BCUT2D eigenvalue weighted by molar-refractivity contribution is -0.118. The molecule has 0 aliphatic carbocycles. The topological polar surface area (TPSA) is 84.5 Å². The number of nitrogens with one attached hydrogen (secondary N) is 2. The number of sulfonamides is 1. The maximum absolute atomic E-state index is 12.5. The summed E-state index contributed by atoms with van der Waals surface area (Å²) in [6, 6.07) is 17.3. The Balaban J connectivity index is 1.63. The number of amides is 1. The quantitative estimate of drug-likeness (QED) is 0.418. The van der Waals surface area contributed by atoms with E-state index in [1.807, 2.05) is 0 Å². The van der Waals surface area contributed by atoms with Crippen molar-refractivity contribution in [3.8, 4) is 5.75 Å². The van der Waals surface area contributed by atoms with Crippen LogP contribution in [0.2, 0.25) is 10.0 Å². The number of rotatable bonds is 7. The summed E-state index contributed by atoms with van der Waals surface area (Å²) >= 11 is 15.3.